The zero-order chi connectivity index (χ0) is 10.3. The molecule has 0 saturated heterocycles. The molecule has 13 heavy (non-hydrogen) atoms. The summed E-state index contributed by atoms with van der Waals surface area (Å²) in [6.07, 6.45) is 3.02. The van der Waals surface area contributed by atoms with Crippen molar-refractivity contribution in [2.24, 2.45) is 5.73 Å². The highest BCUT2D eigenvalue weighted by Gasteiger charge is 1.94. The van der Waals surface area contributed by atoms with Crippen molar-refractivity contribution in [1.82, 2.24) is 4.98 Å². The van der Waals surface area contributed by atoms with Crippen molar-refractivity contribution >= 4 is 11.7 Å². The molecule has 0 unspecified atom stereocenters. The summed E-state index contributed by atoms with van der Waals surface area (Å²) in [5.74, 6) is -0.275. The van der Waals surface area contributed by atoms with Gasteiger partial charge in [-0.05, 0) is 26.0 Å². The van der Waals surface area contributed by atoms with Crippen LogP contribution in [-0.4, -0.2) is 16.7 Å². The van der Waals surface area contributed by atoms with Crippen molar-refractivity contribution in [3.05, 3.63) is 30.1 Å². The molecule has 0 aliphatic carbocycles. The molecule has 1 aromatic rings. The van der Waals surface area contributed by atoms with Crippen LogP contribution in [-0.2, 0) is 4.79 Å². The van der Waals surface area contributed by atoms with E-state index >= 15 is 0 Å². The first-order chi connectivity index (χ1) is 6.04. The molecule has 4 heteroatoms. The van der Waals surface area contributed by atoms with Gasteiger partial charge in [0.25, 0.3) is 0 Å². The number of aromatic nitrogens is 1. The second kappa shape index (κ2) is 5.88. The van der Waals surface area contributed by atoms with Gasteiger partial charge in [0.15, 0.2) is 0 Å². The van der Waals surface area contributed by atoms with E-state index in [0.29, 0.717) is 5.56 Å². The minimum atomic E-state index is -0.442. The molecular weight excluding hydrogens is 168 g/mol. The SMILES string of the molecule is CC(C)=O.NC(=O)c1cccnc1. The summed E-state index contributed by atoms with van der Waals surface area (Å²) >= 11 is 0. The quantitative estimate of drug-likeness (QED) is 0.693. The maximum atomic E-state index is 10.4. The molecule has 70 valence electrons. The van der Waals surface area contributed by atoms with E-state index in [2.05, 4.69) is 4.98 Å². The van der Waals surface area contributed by atoms with E-state index in [1.165, 1.54) is 20.0 Å². The maximum absolute atomic E-state index is 10.4. The van der Waals surface area contributed by atoms with Crippen LogP contribution in [0.5, 0.6) is 0 Å². The molecule has 0 spiro atoms. The van der Waals surface area contributed by atoms with Gasteiger partial charge in [-0.25, -0.2) is 0 Å². The number of hydrogen-bond acceptors (Lipinski definition) is 3. The van der Waals surface area contributed by atoms with Gasteiger partial charge in [-0.15, -0.1) is 0 Å². The van der Waals surface area contributed by atoms with Crippen LogP contribution >= 0.6 is 0 Å². The second-order valence-electron chi connectivity index (χ2n) is 2.51. The Morgan fingerprint density at radius 2 is 1.92 bits per heavy atom. The van der Waals surface area contributed by atoms with E-state index in [1.807, 2.05) is 0 Å². The Bertz CT molecular complexity index is 279. The number of amides is 1. The molecule has 0 aliphatic rings. The number of hydrogen-bond donors (Lipinski definition) is 1. The first-order valence-corrected chi connectivity index (χ1v) is 3.71. The lowest BCUT2D eigenvalue weighted by molar-refractivity contribution is -0.114. The van der Waals surface area contributed by atoms with Crippen LogP contribution < -0.4 is 5.73 Å². The molecule has 1 rings (SSSR count). The number of rotatable bonds is 1. The van der Waals surface area contributed by atoms with Gasteiger partial charge < -0.3 is 10.5 Å². The Balaban J connectivity index is 0.000000310. The lowest BCUT2D eigenvalue weighted by Gasteiger charge is -1.88. The normalized spacial score (nSPS) is 8.15. The van der Waals surface area contributed by atoms with Gasteiger partial charge in [0.05, 0.1) is 5.56 Å². The van der Waals surface area contributed by atoms with Crippen LogP contribution in [0.4, 0.5) is 0 Å². The van der Waals surface area contributed by atoms with Crippen LogP contribution in [0.2, 0.25) is 0 Å². The zero-order valence-electron chi connectivity index (χ0n) is 7.65. The fourth-order valence-electron chi connectivity index (χ4n) is 0.509. The Morgan fingerprint density at radius 3 is 2.15 bits per heavy atom. The molecule has 0 saturated carbocycles. The van der Waals surface area contributed by atoms with E-state index in [4.69, 9.17) is 5.73 Å². The van der Waals surface area contributed by atoms with E-state index in [9.17, 15) is 9.59 Å². The summed E-state index contributed by atoms with van der Waals surface area (Å²) in [6.45, 7) is 3.06. The zero-order valence-corrected chi connectivity index (χ0v) is 7.65. The summed E-state index contributed by atoms with van der Waals surface area (Å²) in [5, 5.41) is 0. The molecule has 0 fully saturated rings. The highest BCUT2D eigenvalue weighted by atomic mass is 16.1. The highest BCUT2D eigenvalue weighted by Crippen LogP contribution is 1.91. The minimum Gasteiger partial charge on any atom is -0.366 e. The van der Waals surface area contributed by atoms with Gasteiger partial charge in [-0.1, -0.05) is 0 Å². The number of Topliss-reactive ketones (excluding diaryl/α,β-unsaturated/α-hetero) is 1. The van der Waals surface area contributed by atoms with Crippen molar-refractivity contribution < 1.29 is 9.59 Å². The number of primary amides is 1. The van der Waals surface area contributed by atoms with Gasteiger partial charge in [-0.2, -0.15) is 0 Å². The van der Waals surface area contributed by atoms with Gasteiger partial charge in [0.2, 0.25) is 5.91 Å². The molecule has 4 nitrogen and oxygen atoms in total. The molecule has 0 bridgehead atoms. The van der Waals surface area contributed by atoms with Crippen LogP contribution in [0.1, 0.15) is 24.2 Å². The lowest BCUT2D eigenvalue weighted by Crippen LogP contribution is -2.10. The second-order valence-corrected chi connectivity index (χ2v) is 2.51. The highest BCUT2D eigenvalue weighted by molar-refractivity contribution is 5.92. The van der Waals surface area contributed by atoms with Crippen molar-refractivity contribution in [1.29, 1.82) is 0 Å². The standard InChI is InChI=1S/C6H6N2O.C3H6O/c7-6(9)5-2-1-3-8-4-5;1-3(2)4/h1-4H,(H2,7,9);1-2H3. The number of carbonyl (C=O) groups is 2. The van der Waals surface area contributed by atoms with Gasteiger partial charge in [0.1, 0.15) is 5.78 Å². The molecule has 0 radical (unpaired) electrons. The topological polar surface area (TPSA) is 73.1 Å². The summed E-state index contributed by atoms with van der Waals surface area (Å²) in [7, 11) is 0. The van der Waals surface area contributed by atoms with Crippen molar-refractivity contribution in [3.63, 3.8) is 0 Å². The molecular formula is C9H12N2O2. The third kappa shape index (κ3) is 6.68. The number of ketones is 1. The fraction of sp³-hybridized carbons (Fsp3) is 0.222. The van der Waals surface area contributed by atoms with Crippen molar-refractivity contribution in [2.45, 2.75) is 13.8 Å². The Hall–Kier alpha value is -1.71. The van der Waals surface area contributed by atoms with Crippen molar-refractivity contribution in [3.8, 4) is 0 Å². The average molecular weight is 180 g/mol. The number of pyridine rings is 1. The van der Waals surface area contributed by atoms with Crippen LogP contribution in [0, 0.1) is 0 Å². The third-order valence-corrected chi connectivity index (χ3v) is 0.946. The smallest absolute Gasteiger partial charge is 0.250 e. The first-order valence-electron chi connectivity index (χ1n) is 3.71. The molecule has 1 amide bonds. The lowest BCUT2D eigenvalue weighted by atomic mass is 10.3. The van der Waals surface area contributed by atoms with E-state index in [1.54, 1.807) is 18.3 Å². The van der Waals surface area contributed by atoms with Crippen LogP contribution in [0.3, 0.4) is 0 Å². The minimum absolute atomic E-state index is 0.167. The Labute approximate surface area is 76.8 Å². The third-order valence-electron chi connectivity index (χ3n) is 0.946. The molecule has 1 heterocycles. The summed E-state index contributed by atoms with van der Waals surface area (Å²) < 4.78 is 0. The van der Waals surface area contributed by atoms with E-state index in [-0.39, 0.29) is 5.78 Å². The van der Waals surface area contributed by atoms with Crippen molar-refractivity contribution in [2.75, 3.05) is 0 Å². The van der Waals surface area contributed by atoms with Gasteiger partial charge >= 0.3 is 0 Å². The molecule has 0 aromatic carbocycles. The predicted octanol–water partition coefficient (Wildman–Crippen LogP) is 0.776. The Morgan fingerprint density at radius 1 is 1.38 bits per heavy atom. The first kappa shape index (κ1) is 11.3. The Kier molecular flexibility index (Phi) is 5.11. The predicted molar refractivity (Wildman–Crippen MR) is 49.1 cm³/mol. The fourth-order valence-corrected chi connectivity index (χ4v) is 0.509. The van der Waals surface area contributed by atoms with Gasteiger partial charge in [-0.3, -0.25) is 9.78 Å². The monoisotopic (exact) mass is 180 g/mol. The number of carbonyl (C=O) groups excluding carboxylic acids is 2. The van der Waals surface area contributed by atoms with Crippen LogP contribution in [0.25, 0.3) is 0 Å². The molecule has 0 aliphatic heterocycles. The number of nitrogens with two attached hydrogens (primary N) is 1. The summed E-state index contributed by atoms with van der Waals surface area (Å²) in [6, 6.07) is 3.29. The van der Waals surface area contributed by atoms with Gasteiger partial charge in [0, 0.05) is 12.4 Å². The van der Waals surface area contributed by atoms with E-state index < -0.39 is 5.91 Å². The van der Waals surface area contributed by atoms with Crippen LogP contribution in [0.15, 0.2) is 24.5 Å². The number of nitrogens with zero attached hydrogens (tertiary/aromatic N) is 1. The summed E-state index contributed by atoms with van der Waals surface area (Å²) in [5.41, 5.74) is 5.38. The average Bonchev–Trinajstić information content (AvgIpc) is 2.05. The summed E-state index contributed by atoms with van der Waals surface area (Å²) in [4.78, 5) is 23.5. The van der Waals surface area contributed by atoms with E-state index in [0.717, 1.165) is 0 Å². The molecule has 1 aromatic heterocycles. The molecule has 0 atom stereocenters. The maximum Gasteiger partial charge on any atom is 0.250 e. The molecule has 2 N–H and O–H groups in total. The largest absolute Gasteiger partial charge is 0.366 e.